The smallest absolute Gasteiger partial charge is 0.352 e. The quantitative estimate of drug-likeness (QED) is 0.883. The lowest BCUT2D eigenvalue weighted by atomic mass is 10.1. The van der Waals surface area contributed by atoms with Crippen LogP contribution in [0.1, 0.15) is 26.4 Å². The summed E-state index contributed by atoms with van der Waals surface area (Å²) in [5, 5.41) is 8.92. The number of hydrogen-bond acceptors (Lipinski definition) is 2. The summed E-state index contributed by atoms with van der Waals surface area (Å²) in [4.78, 5) is 23.0. The van der Waals surface area contributed by atoms with Crippen molar-refractivity contribution in [3.63, 3.8) is 0 Å². The molecule has 98 valence electrons. The van der Waals surface area contributed by atoms with E-state index < -0.39 is 17.6 Å². The number of ketones is 1. The Morgan fingerprint density at radius 1 is 1.21 bits per heavy atom. The first-order valence-electron chi connectivity index (χ1n) is 5.29. The minimum Gasteiger partial charge on any atom is -0.477 e. The van der Waals surface area contributed by atoms with Gasteiger partial charge in [-0.05, 0) is 24.3 Å². The summed E-state index contributed by atoms with van der Waals surface area (Å²) in [7, 11) is 1.53. The Labute approximate surface area is 116 Å². The van der Waals surface area contributed by atoms with Crippen LogP contribution in [0.4, 0.5) is 4.39 Å². The van der Waals surface area contributed by atoms with E-state index >= 15 is 0 Å². The number of carboxylic acids is 1. The zero-order valence-electron chi connectivity index (χ0n) is 9.85. The summed E-state index contributed by atoms with van der Waals surface area (Å²) in [6, 6.07) is 5.10. The first-order valence-corrected chi connectivity index (χ1v) is 6.08. The fourth-order valence-corrected chi connectivity index (χ4v) is 2.22. The van der Waals surface area contributed by atoms with Gasteiger partial charge < -0.3 is 9.67 Å². The van der Waals surface area contributed by atoms with E-state index in [1.807, 2.05) is 0 Å². The van der Waals surface area contributed by atoms with Gasteiger partial charge in [0.2, 0.25) is 0 Å². The molecule has 0 radical (unpaired) electrons. The van der Waals surface area contributed by atoms with Crippen LogP contribution < -0.4 is 0 Å². The molecular formula is C13H9BrFNO3. The molecule has 0 fully saturated rings. The number of halogens is 2. The highest BCUT2D eigenvalue weighted by Gasteiger charge is 2.17. The van der Waals surface area contributed by atoms with Gasteiger partial charge in [0.1, 0.15) is 11.5 Å². The lowest BCUT2D eigenvalue weighted by Gasteiger charge is -2.00. The van der Waals surface area contributed by atoms with Gasteiger partial charge in [0, 0.05) is 28.8 Å². The first kappa shape index (κ1) is 13.5. The number of aryl methyl sites for hydroxylation is 1. The van der Waals surface area contributed by atoms with Crippen molar-refractivity contribution in [2.24, 2.45) is 7.05 Å². The molecule has 0 aliphatic rings. The molecule has 0 amide bonds. The highest BCUT2D eigenvalue weighted by atomic mass is 79.9. The molecule has 0 spiro atoms. The van der Waals surface area contributed by atoms with Crippen LogP contribution in [0.2, 0.25) is 0 Å². The van der Waals surface area contributed by atoms with E-state index in [1.54, 1.807) is 0 Å². The molecule has 1 aromatic carbocycles. The van der Waals surface area contributed by atoms with Crippen LogP contribution >= 0.6 is 15.9 Å². The van der Waals surface area contributed by atoms with E-state index in [9.17, 15) is 14.0 Å². The van der Waals surface area contributed by atoms with Crippen molar-refractivity contribution >= 4 is 27.7 Å². The molecule has 0 saturated carbocycles. The van der Waals surface area contributed by atoms with E-state index in [4.69, 9.17) is 5.11 Å². The van der Waals surface area contributed by atoms with Crippen molar-refractivity contribution in [2.45, 2.75) is 0 Å². The van der Waals surface area contributed by atoms with Crippen molar-refractivity contribution in [1.29, 1.82) is 0 Å². The molecule has 1 aromatic heterocycles. The van der Waals surface area contributed by atoms with Crippen molar-refractivity contribution in [1.82, 2.24) is 4.57 Å². The predicted octanol–water partition coefficient (Wildman–Crippen LogP) is 2.86. The second-order valence-electron chi connectivity index (χ2n) is 4.02. The van der Waals surface area contributed by atoms with Gasteiger partial charge in [0.05, 0.1) is 0 Å². The average Bonchev–Trinajstić information content (AvgIpc) is 2.69. The van der Waals surface area contributed by atoms with Crippen molar-refractivity contribution in [3.05, 3.63) is 57.6 Å². The minimum absolute atomic E-state index is 0.00109. The van der Waals surface area contributed by atoms with Gasteiger partial charge in [-0.2, -0.15) is 0 Å². The average molecular weight is 326 g/mol. The van der Waals surface area contributed by atoms with E-state index in [-0.39, 0.29) is 16.8 Å². The zero-order valence-corrected chi connectivity index (χ0v) is 11.4. The van der Waals surface area contributed by atoms with Crippen LogP contribution in [-0.2, 0) is 7.05 Å². The van der Waals surface area contributed by atoms with E-state index in [0.29, 0.717) is 4.47 Å². The molecule has 0 bridgehead atoms. The topological polar surface area (TPSA) is 59.3 Å². The van der Waals surface area contributed by atoms with Crippen molar-refractivity contribution in [3.8, 4) is 0 Å². The molecule has 2 aromatic rings. The number of hydrogen-bond donors (Lipinski definition) is 1. The third-order valence-corrected chi connectivity index (χ3v) is 3.07. The summed E-state index contributed by atoms with van der Waals surface area (Å²) in [6.07, 6.45) is 1.41. The molecule has 4 nitrogen and oxygen atoms in total. The van der Waals surface area contributed by atoms with Crippen LogP contribution in [0.3, 0.4) is 0 Å². The number of carbonyl (C=O) groups is 2. The van der Waals surface area contributed by atoms with Gasteiger partial charge in [-0.25, -0.2) is 9.18 Å². The van der Waals surface area contributed by atoms with Gasteiger partial charge in [-0.3, -0.25) is 4.79 Å². The van der Waals surface area contributed by atoms with Crippen molar-refractivity contribution < 1.29 is 19.1 Å². The number of benzene rings is 1. The Balaban J connectivity index is 2.44. The SMILES string of the molecule is Cn1cc(C(=O)c2cc(F)cc(Br)c2)cc1C(=O)O. The van der Waals surface area contributed by atoms with Crippen LogP contribution in [0.25, 0.3) is 0 Å². The second kappa shape index (κ2) is 4.97. The van der Waals surface area contributed by atoms with Gasteiger partial charge in [-0.1, -0.05) is 15.9 Å². The summed E-state index contributed by atoms with van der Waals surface area (Å²) in [5.74, 6) is -2.09. The molecule has 0 atom stereocenters. The Morgan fingerprint density at radius 3 is 2.42 bits per heavy atom. The van der Waals surface area contributed by atoms with Gasteiger partial charge in [0.25, 0.3) is 0 Å². The Morgan fingerprint density at radius 2 is 1.89 bits per heavy atom. The van der Waals surface area contributed by atoms with E-state index in [2.05, 4.69) is 15.9 Å². The van der Waals surface area contributed by atoms with Crippen molar-refractivity contribution in [2.75, 3.05) is 0 Å². The maximum Gasteiger partial charge on any atom is 0.352 e. The molecule has 19 heavy (non-hydrogen) atoms. The number of aromatic nitrogens is 1. The van der Waals surface area contributed by atoms with Gasteiger partial charge in [0.15, 0.2) is 5.78 Å². The van der Waals surface area contributed by atoms with Gasteiger partial charge >= 0.3 is 5.97 Å². The normalized spacial score (nSPS) is 10.5. The molecule has 1 heterocycles. The lowest BCUT2D eigenvalue weighted by Crippen LogP contribution is -2.02. The van der Waals surface area contributed by atoms with Crippen LogP contribution in [0, 0.1) is 5.82 Å². The van der Waals surface area contributed by atoms with E-state index in [1.165, 1.54) is 36.0 Å². The third-order valence-electron chi connectivity index (χ3n) is 2.61. The predicted molar refractivity (Wildman–Crippen MR) is 69.9 cm³/mol. The summed E-state index contributed by atoms with van der Waals surface area (Å²) in [5.41, 5.74) is 0.366. The number of aromatic carboxylic acids is 1. The van der Waals surface area contributed by atoms with Crippen LogP contribution in [0.15, 0.2) is 34.9 Å². The highest BCUT2D eigenvalue weighted by Crippen LogP contribution is 2.19. The van der Waals surface area contributed by atoms with Gasteiger partial charge in [-0.15, -0.1) is 0 Å². The Bertz CT molecular complexity index is 658. The minimum atomic E-state index is -1.12. The third kappa shape index (κ3) is 2.73. The standard InChI is InChI=1S/C13H9BrFNO3/c1-16-6-8(4-11(16)13(18)19)12(17)7-2-9(14)5-10(15)3-7/h2-6H,1H3,(H,18,19). The largest absolute Gasteiger partial charge is 0.477 e. The number of rotatable bonds is 3. The van der Waals surface area contributed by atoms with Crippen LogP contribution in [-0.4, -0.2) is 21.4 Å². The van der Waals surface area contributed by atoms with Crippen LogP contribution in [0.5, 0.6) is 0 Å². The fourth-order valence-electron chi connectivity index (χ4n) is 1.75. The zero-order chi connectivity index (χ0) is 14.2. The van der Waals surface area contributed by atoms with E-state index in [0.717, 1.165) is 6.07 Å². The summed E-state index contributed by atoms with van der Waals surface area (Å²) < 4.78 is 15.0. The fraction of sp³-hybridized carbons (Fsp3) is 0.0769. The number of carbonyl (C=O) groups excluding carboxylic acids is 1. The molecular weight excluding hydrogens is 317 g/mol. The number of nitrogens with zero attached hydrogens (tertiary/aromatic N) is 1. The monoisotopic (exact) mass is 325 g/mol. The molecule has 2 rings (SSSR count). The summed E-state index contributed by atoms with van der Waals surface area (Å²) in [6.45, 7) is 0. The number of carboxylic acid groups (broad SMARTS) is 1. The maximum atomic E-state index is 13.2. The molecule has 0 aliphatic heterocycles. The second-order valence-corrected chi connectivity index (χ2v) is 4.93. The Kier molecular flexibility index (Phi) is 3.53. The molecule has 1 N–H and O–H groups in total. The Hall–Kier alpha value is -1.95. The first-order chi connectivity index (χ1) is 8.88. The molecule has 6 heteroatoms. The lowest BCUT2D eigenvalue weighted by molar-refractivity contribution is 0.0686. The summed E-state index contributed by atoms with van der Waals surface area (Å²) >= 11 is 3.11. The maximum absolute atomic E-state index is 13.2. The molecule has 0 unspecified atom stereocenters. The highest BCUT2D eigenvalue weighted by molar-refractivity contribution is 9.10. The molecule has 0 aliphatic carbocycles. The molecule has 0 saturated heterocycles.